The highest BCUT2D eigenvalue weighted by molar-refractivity contribution is 5.93. The van der Waals surface area contributed by atoms with Crippen LogP contribution in [0.1, 0.15) is 95.3 Å². The van der Waals surface area contributed by atoms with E-state index in [9.17, 15) is 24.9 Å². The third-order valence-corrected chi connectivity index (χ3v) is 11.7. The number of esters is 1. The Hall–Kier alpha value is -2.12. The molecule has 4 saturated carbocycles. The van der Waals surface area contributed by atoms with Crippen molar-refractivity contribution in [3.63, 3.8) is 0 Å². The molecule has 4 fully saturated rings. The van der Waals surface area contributed by atoms with Crippen molar-refractivity contribution in [1.82, 2.24) is 0 Å². The van der Waals surface area contributed by atoms with Gasteiger partial charge >= 0.3 is 11.9 Å². The van der Waals surface area contributed by atoms with Crippen molar-refractivity contribution in [3.05, 3.63) is 23.8 Å². The molecule has 0 saturated heterocycles. The maximum Gasteiger partial charge on any atom is 0.339 e. The zero-order valence-corrected chi connectivity index (χ0v) is 23.1. The van der Waals surface area contributed by atoms with Gasteiger partial charge in [-0.25, -0.2) is 4.79 Å². The predicted octanol–water partition coefficient (Wildman–Crippen LogP) is 5.28. The zero-order valence-electron chi connectivity index (χ0n) is 23.1. The highest BCUT2D eigenvalue weighted by atomic mass is 16.5. The zero-order chi connectivity index (χ0) is 27.4. The Balaban J connectivity index is 1.24. The van der Waals surface area contributed by atoms with Gasteiger partial charge in [0, 0.05) is 12.1 Å². The number of ether oxygens (including phenoxy) is 1. The van der Waals surface area contributed by atoms with Crippen LogP contribution in [-0.4, -0.2) is 39.5 Å². The molecule has 1 aromatic rings. The van der Waals surface area contributed by atoms with Gasteiger partial charge in [0.05, 0.1) is 12.2 Å². The molecule has 210 valence electrons. The lowest BCUT2D eigenvalue weighted by atomic mass is 9.43. The molecule has 0 heterocycles. The summed E-state index contributed by atoms with van der Waals surface area (Å²) in [6.07, 6.45) is 8.56. The Morgan fingerprint density at radius 1 is 1.05 bits per heavy atom. The smallest absolute Gasteiger partial charge is 0.339 e. The van der Waals surface area contributed by atoms with E-state index in [-0.39, 0.29) is 40.8 Å². The number of nitrogens with two attached hydrogens (primary N) is 1. The summed E-state index contributed by atoms with van der Waals surface area (Å²) in [5.41, 5.74) is 6.26. The molecule has 0 bridgehead atoms. The van der Waals surface area contributed by atoms with E-state index in [0.29, 0.717) is 47.6 Å². The van der Waals surface area contributed by atoms with Gasteiger partial charge in [0.25, 0.3) is 0 Å². The normalized spacial score (nSPS) is 40.9. The summed E-state index contributed by atoms with van der Waals surface area (Å²) in [4.78, 5) is 24.2. The Morgan fingerprint density at radius 2 is 1.76 bits per heavy atom. The van der Waals surface area contributed by atoms with Crippen LogP contribution in [-0.2, 0) is 4.79 Å². The number of carboxylic acids is 1. The minimum absolute atomic E-state index is 0.0314. The van der Waals surface area contributed by atoms with E-state index >= 15 is 0 Å². The minimum Gasteiger partial charge on any atom is -0.478 e. The van der Waals surface area contributed by atoms with Gasteiger partial charge in [0.1, 0.15) is 11.3 Å². The lowest BCUT2D eigenvalue weighted by molar-refractivity contribution is -0.174. The maximum atomic E-state index is 12.7. The number of benzene rings is 1. The first-order chi connectivity index (χ1) is 17.9. The Kier molecular flexibility index (Phi) is 7.31. The number of aromatic carboxylic acids is 1. The van der Waals surface area contributed by atoms with Crippen LogP contribution in [0, 0.1) is 46.3 Å². The Bertz CT molecular complexity index is 1070. The average Bonchev–Trinajstić information content (AvgIpc) is 3.22. The van der Waals surface area contributed by atoms with Crippen molar-refractivity contribution in [2.75, 3.05) is 5.73 Å². The van der Waals surface area contributed by atoms with Crippen LogP contribution in [0.25, 0.3) is 0 Å². The number of aliphatic hydroxyl groups is 2. The van der Waals surface area contributed by atoms with Crippen molar-refractivity contribution >= 4 is 17.6 Å². The van der Waals surface area contributed by atoms with Gasteiger partial charge in [0.15, 0.2) is 0 Å². The molecule has 0 amide bonds. The number of carboxylic acid groups (broad SMARTS) is 1. The molecule has 0 aliphatic heterocycles. The number of carbonyl (C=O) groups excluding carboxylic acids is 1. The predicted molar refractivity (Wildman–Crippen MR) is 144 cm³/mol. The first-order valence-electron chi connectivity index (χ1n) is 14.6. The summed E-state index contributed by atoms with van der Waals surface area (Å²) >= 11 is 0. The summed E-state index contributed by atoms with van der Waals surface area (Å²) < 4.78 is 5.43. The number of nitrogen functional groups attached to an aromatic ring is 1. The monoisotopic (exact) mass is 527 g/mol. The molecule has 5 rings (SSSR count). The summed E-state index contributed by atoms with van der Waals surface area (Å²) in [6.45, 7) is 7.10. The van der Waals surface area contributed by atoms with Crippen molar-refractivity contribution < 1.29 is 29.6 Å². The number of hydrogen-bond donors (Lipinski definition) is 4. The van der Waals surface area contributed by atoms with E-state index in [0.717, 1.165) is 51.4 Å². The van der Waals surface area contributed by atoms with E-state index < -0.39 is 11.9 Å². The van der Waals surface area contributed by atoms with E-state index in [1.165, 1.54) is 18.2 Å². The summed E-state index contributed by atoms with van der Waals surface area (Å²) in [5.74, 6) is 0.999. The molecule has 1 aromatic carbocycles. The van der Waals surface area contributed by atoms with Gasteiger partial charge in [-0.15, -0.1) is 0 Å². The molecular weight excluding hydrogens is 482 g/mol. The van der Waals surface area contributed by atoms with Crippen LogP contribution < -0.4 is 10.5 Å². The van der Waals surface area contributed by atoms with E-state index in [1.807, 2.05) is 0 Å². The first-order valence-corrected chi connectivity index (χ1v) is 14.6. The van der Waals surface area contributed by atoms with Crippen LogP contribution in [0.3, 0.4) is 0 Å². The molecule has 0 radical (unpaired) electrons. The Morgan fingerprint density at radius 3 is 2.50 bits per heavy atom. The quantitative estimate of drug-likeness (QED) is 0.225. The highest BCUT2D eigenvalue weighted by Crippen LogP contribution is 2.68. The number of hydrogen-bond acceptors (Lipinski definition) is 6. The molecule has 10 atom stereocenters. The largest absolute Gasteiger partial charge is 0.478 e. The van der Waals surface area contributed by atoms with Gasteiger partial charge < -0.3 is 25.8 Å². The molecule has 4 aliphatic carbocycles. The summed E-state index contributed by atoms with van der Waals surface area (Å²) in [7, 11) is 0. The standard InChI is InChI=1S/C31H45NO6/c1-17(4-9-27(35)38-26-8-5-19(32)16-21(26)29(36)37)22-6-7-23-28-24(11-13-31(22,23)3)30(2)12-10-20(33)14-18(30)15-25(28)34/h5,8,16-18,20,22-25,28,33-34H,4,6-7,9-15,32H2,1-3H3,(H,36,37)/t17-,18?,20+,22-,23?,24?,25+,28?,30+,31-/m1/s1. The number of carbonyl (C=O) groups is 2. The van der Waals surface area contributed by atoms with Crippen LogP contribution in [0.2, 0.25) is 0 Å². The fourth-order valence-corrected chi connectivity index (χ4v) is 9.70. The molecule has 5 N–H and O–H groups in total. The fraction of sp³-hybridized carbons (Fsp3) is 0.742. The molecule has 4 aliphatic rings. The number of aliphatic hydroxyl groups excluding tert-OH is 2. The summed E-state index contributed by atoms with van der Waals surface area (Å²) in [6, 6.07) is 4.28. The van der Waals surface area contributed by atoms with Crippen molar-refractivity contribution in [3.8, 4) is 5.75 Å². The Labute approximate surface area is 226 Å². The van der Waals surface area contributed by atoms with Gasteiger partial charge in [-0.05, 0) is 122 Å². The number of rotatable bonds is 6. The lowest BCUT2D eigenvalue weighted by Gasteiger charge is -2.62. The number of anilines is 1. The average molecular weight is 528 g/mol. The molecule has 7 heteroatoms. The van der Waals surface area contributed by atoms with Crippen LogP contribution in [0.4, 0.5) is 5.69 Å². The molecule has 0 aromatic heterocycles. The van der Waals surface area contributed by atoms with Gasteiger partial charge in [-0.2, -0.15) is 0 Å². The highest BCUT2D eigenvalue weighted by Gasteiger charge is 2.62. The van der Waals surface area contributed by atoms with Crippen molar-refractivity contribution in [1.29, 1.82) is 0 Å². The molecule has 4 unspecified atom stereocenters. The van der Waals surface area contributed by atoms with E-state index in [1.54, 1.807) is 0 Å². The van der Waals surface area contributed by atoms with Crippen molar-refractivity contribution in [2.45, 2.75) is 97.2 Å². The van der Waals surface area contributed by atoms with Gasteiger partial charge in [-0.1, -0.05) is 20.8 Å². The topological polar surface area (TPSA) is 130 Å². The molecule has 38 heavy (non-hydrogen) atoms. The number of fused-ring (bicyclic) bond motifs is 5. The third kappa shape index (κ3) is 4.64. The third-order valence-electron chi connectivity index (χ3n) is 11.7. The van der Waals surface area contributed by atoms with Crippen LogP contribution >= 0.6 is 0 Å². The first kappa shape index (κ1) is 27.4. The fourth-order valence-electron chi connectivity index (χ4n) is 9.70. The minimum atomic E-state index is -1.18. The van der Waals surface area contributed by atoms with Crippen molar-refractivity contribution in [2.24, 2.45) is 46.3 Å². The SMILES string of the molecule is C[C@H](CCC(=O)Oc1ccc(N)cc1C(=O)O)[C@H]1CCC2C3C(CC[C@@]21C)[C@@]1(C)CC[C@H](O)CC1C[C@@H]3O. The molecule has 7 nitrogen and oxygen atoms in total. The molecule has 0 spiro atoms. The second-order valence-electron chi connectivity index (χ2n) is 13.5. The summed E-state index contributed by atoms with van der Waals surface area (Å²) in [5, 5.41) is 31.2. The van der Waals surface area contributed by atoms with Gasteiger partial charge in [0.2, 0.25) is 0 Å². The maximum absolute atomic E-state index is 12.7. The second-order valence-corrected chi connectivity index (χ2v) is 13.5. The van der Waals surface area contributed by atoms with Crippen LogP contribution in [0.15, 0.2) is 18.2 Å². The van der Waals surface area contributed by atoms with Gasteiger partial charge in [-0.3, -0.25) is 4.79 Å². The van der Waals surface area contributed by atoms with E-state index in [2.05, 4.69) is 20.8 Å². The molecular formula is C31H45NO6. The second kappa shape index (κ2) is 10.1. The van der Waals surface area contributed by atoms with Crippen LogP contribution in [0.5, 0.6) is 5.75 Å². The van der Waals surface area contributed by atoms with E-state index in [4.69, 9.17) is 10.5 Å². The lowest BCUT2D eigenvalue weighted by Crippen LogP contribution is -2.58.